The average molecular weight is 208 g/mol. The lowest BCUT2D eigenvalue weighted by Crippen LogP contribution is -2.34. The number of rotatable bonds is 1. The van der Waals surface area contributed by atoms with E-state index in [9.17, 15) is 4.39 Å². The average Bonchev–Trinajstić information content (AvgIpc) is 2.16. The van der Waals surface area contributed by atoms with Crippen LogP contribution in [-0.4, -0.2) is 25.5 Å². The van der Waals surface area contributed by atoms with E-state index in [-0.39, 0.29) is 5.82 Å². The minimum absolute atomic E-state index is 0.156. The molecule has 0 saturated carbocycles. The fourth-order valence-electron chi connectivity index (χ4n) is 2.42. The van der Waals surface area contributed by atoms with Gasteiger partial charge < -0.3 is 10.2 Å². The summed E-state index contributed by atoms with van der Waals surface area (Å²) in [4.78, 5) is 2.16. The molecule has 0 bridgehead atoms. The summed E-state index contributed by atoms with van der Waals surface area (Å²) >= 11 is 0. The second kappa shape index (κ2) is 3.81. The van der Waals surface area contributed by atoms with Gasteiger partial charge in [0.05, 0.1) is 0 Å². The highest BCUT2D eigenvalue weighted by Crippen LogP contribution is 2.36. The zero-order chi connectivity index (χ0) is 11.0. The molecule has 0 spiro atoms. The Bertz CT molecular complexity index is 363. The molecule has 0 saturated heterocycles. The monoisotopic (exact) mass is 208 g/mol. The minimum Gasteiger partial charge on any atom is -0.384 e. The van der Waals surface area contributed by atoms with Gasteiger partial charge in [-0.1, -0.05) is 6.92 Å². The van der Waals surface area contributed by atoms with Crippen LogP contribution in [0.1, 0.15) is 18.5 Å². The predicted molar refractivity (Wildman–Crippen MR) is 60.5 cm³/mol. The summed E-state index contributed by atoms with van der Waals surface area (Å²) in [5, 5.41) is 3.33. The van der Waals surface area contributed by atoms with Gasteiger partial charge in [0.25, 0.3) is 0 Å². The van der Waals surface area contributed by atoms with Gasteiger partial charge in [0.15, 0.2) is 0 Å². The van der Waals surface area contributed by atoms with Crippen LogP contribution in [0.5, 0.6) is 0 Å². The Hall–Kier alpha value is -1.09. The Labute approximate surface area is 90.1 Å². The first-order valence-corrected chi connectivity index (χ1v) is 5.29. The quantitative estimate of drug-likeness (QED) is 0.762. The summed E-state index contributed by atoms with van der Waals surface area (Å²) in [6, 6.07) is 5.28. The van der Waals surface area contributed by atoms with Gasteiger partial charge in [-0.2, -0.15) is 0 Å². The van der Waals surface area contributed by atoms with Crippen molar-refractivity contribution in [2.24, 2.45) is 5.92 Å². The lowest BCUT2D eigenvalue weighted by Gasteiger charge is -2.36. The molecule has 0 aliphatic carbocycles. The largest absolute Gasteiger partial charge is 0.384 e. The van der Waals surface area contributed by atoms with E-state index in [0.29, 0.717) is 12.0 Å². The molecule has 0 amide bonds. The zero-order valence-electron chi connectivity index (χ0n) is 9.42. The van der Waals surface area contributed by atoms with Crippen LogP contribution in [0.2, 0.25) is 0 Å². The molecule has 0 fully saturated rings. The van der Waals surface area contributed by atoms with Crippen LogP contribution in [0, 0.1) is 11.7 Å². The highest BCUT2D eigenvalue weighted by molar-refractivity contribution is 5.55. The number of anilines is 1. The molecule has 1 N–H and O–H groups in total. The second-order valence-electron chi connectivity index (χ2n) is 4.50. The highest BCUT2D eigenvalue weighted by atomic mass is 19.1. The van der Waals surface area contributed by atoms with Gasteiger partial charge in [-0.25, -0.2) is 4.39 Å². The van der Waals surface area contributed by atoms with Crippen molar-refractivity contribution in [1.82, 2.24) is 4.90 Å². The molecule has 1 aliphatic heterocycles. The molecule has 0 radical (unpaired) electrons. The molecule has 2 atom stereocenters. The normalized spacial score (nSPS) is 24.9. The summed E-state index contributed by atoms with van der Waals surface area (Å²) in [7, 11) is 4.09. The molecule has 0 aromatic heterocycles. The van der Waals surface area contributed by atoms with Crippen LogP contribution < -0.4 is 5.32 Å². The first kappa shape index (κ1) is 10.4. The second-order valence-corrected chi connectivity index (χ2v) is 4.50. The SMILES string of the molecule is CC1CNc2ccc(F)cc2C1N(C)C. The number of benzene rings is 1. The third-order valence-electron chi connectivity index (χ3n) is 3.04. The Balaban J connectivity index is 2.46. The van der Waals surface area contributed by atoms with E-state index in [1.165, 1.54) is 6.07 Å². The molecular formula is C12H17FN2. The molecule has 2 unspecified atom stereocenters. The number of hydrogen-bond donors (Lipinski definition) is 1. The molecule has 3 heteroatoms. The van der Waals surface area contributed by atoms with Crippen molar-refractivity contribution >= 4 is 5.69 Å². The van der Waals surface area contributed by atoms with Crippen LogP contribution >= 0.6 is 0 Å². The zero-order valence-corrected chi connectivity index (χ0v) is 9.42. The van der Waals surface area contributed by atoms with Gasteiger partial charge in [0, 0.05) is 18.3 Å². The van der Waals surface area contributed by atoms with E-state index in [1.54, 1.807) is 6.07 Å². The Morgan fingerprint density at radius 1 is 1.40 bits per heavy atom. The van der Waals surface area contributed by atoms with Crippen molar-refractivity contribution in [2.45, 2.75) is 13.0 Å². The standard InChI is InChI=1S/C12H17FN2/c1-8-7-14-11-5-4-9(13)6-10(11)12(8)15(2)3/h4-6,8,12,14H,7H2,1-3H3. The number of fused-ring (bicyclic) bond motifs is 1. The van der Waals surface area contributed by atoms with Gasteiger partial charge in [-0.15, -0.1) is 0 Å². The topological polar surface area (TPSA) is 15.3 Å². The summed E-state index contributed by atoms with van der Waals surface area (Å²) in [6.45, 7) is 3.13. The molecular weight excluding hydrogens is 191 g/mol. The smallest absolute Gasteiger partial charge is 0.123 e. The molecule has 1 aliphatic rings. The van der Waals surface area contributed by atoms with Crippen molar-refractivity contribution < 1.29 is 4.39 Å². The number of nitrogens with one attached hydrogen (secondary N) is 1. The van der Waals surface area contributed by atoms with Gasteiger partial charge in [0.2, 0.25) is 0 Å². The third-order valence-corrected chi connectivity index (χ3v) is 3.04. The lowest BCUT2D eigenvalue weighted by atomic mass is 9.89. The first-order valence-electron chi connectivity index (χ1n) is 5.29. The van der Waals surface area contributed by atoms with Crippen LogP contribution in [0.3, 0.4) is 0 Å². The minimum atomic E-state index is -0.156. The predicted octanol–water partition coefficient (Wildman–Crippen LogP) is 2.49. The fourth-order valence-corrected chi connectivity index (χ4v) is 2.42. The summed E-state index contributed by atoms with van der Waals surface area (Å²) in [5.74, 6) is 0.339. The van der Waals surface area contributed by atoms with Gasteiger partial charge in [-0.05, 0) is 43.8 Å². The maximum Gasteiger partial charge on any atom is 0.123 e. The molecule has 2 nitrogen and oxygen atoms in total. The van der Waals surface area contributed by atoms with E-state index in [2.05, 4.69) is 17.1 Å². The molecule has 1 aromatic rings. The summed E-state index contributed by atoms with van der Waals surface area (Å²) in [5.41, 5.74) is 2.13. The van der Waals surface area contributed by atoms with Crippen LogP contribution in [-0.2, 0) is 0 Å². The lowest BCUT2D eigenvalue weighted by molar-refractivity contribution is 0.225. The molecule has 1 heterocycles. The molecule has 1 aromatic carbocycles. The van der Waals surface area contributed by atoms with E-state index in [4.69, 9.17) is 0 Å². The highest BCUT2D eigenvalue weighted by Gasteiger charge is 2.28. The van der Waals surface area contributed by atoms with Gasteiger partial charge in [0.1, 0.15) is 5.82 Å². The maximum absolute atomic E-state index is 13.2. The van der Waals surface area contributed by atoms with E-state index < -0.39 is 0 Å². The van der Waals surface area contributed by atoms with Crippen molar-refractivity contribution in [3.05, 3.63) is 29.6 Å². The summed E-state index contributed by atoms with van der Waals surface area (Å²) < 4.78 is 13.2. The molecule has 2 rings (SSSR count). The van der Waals surface area contributed by atoms with Crippen molar-refractivity contribution in [3.8, 4) is 0 Å². The third kappa shape index (κ3) is 1.84. The number of halogens is 1. The fraction of sp³-hybridized carbons (Fsp3) is 0.500. The van der Waals surface area contributed by atoms with Crippen LogP contribution in [0.4, 0.5) is 10.1 Å². The Morgan fingerprint density at radius 3 is 2.80 bits per heavy atom. The Morgan fingerprint density at radius 2 is 2.13 bits per heavy atom. The number of hydrogen-bond acceptors (Lipinski definition) is 2. The van der Waals surface area contributed by atoms with Crippen molar-refractivity contribution in [3.63, 3.8) is 0 Å². The molecule has 82 valence electrons. The number of nitrogens with zero attached hydrogens (tertiary/aromatic N) is 1. The van der Waals surface area contributed by atoms with Crippen LogP contribution in [0.25, 0.3) is 0 Å². The summed E-state index contributed by atoms with van der Waals surface area (Å²) in [6.07, 6.45) is 0. The van der Waals surface area contributed by atoms with Crippen LogP contribution in [0.15, 0.2) is 18.2 Å². The van der Waals surface area contributed by atoms with E-state index >= 15 is 0 Å². The van der Waals surface area contributed by atoms with E-state index in [0.717, 1.165) is 17.8 Å². The van der Waals surface area contributed by atoms with Crippen molar-refractivity contribution in [1.29, 1.82) is 0 Å². The van der Waals surface area contributed by atoms with Gasteiger partial charge >= 0.3 is 0 Å². The molecule has 15 heavy (non-hydrogen) atoms. The first-order chi connectivity index (χ1) is 7.09. The van der Waals surface area contributed by atoms with Crippen molar-refractivity contribution in [2.75, 3.05) is 26.0 Å². The Kier molecular flexibility index (Phi) is 2.65. The van der Waals surface area contributed by atoms with Gasteiger partial charge in [-0.3, -0.25) is 0 Å². The maximum atomic E-state index is 13.2. The van der Waals surface area contributed by atoms with E-state index in [1.807, 2.05) is 20.2 Å².